The molecule has 0 spiro atoms. The second-order valence-electron chi connectivity index (χ2n) is 6.69. The molecule has 1 aliphatic rings. The molecule has 1 fully saturated rings. The zero-order chi connectivity index (χ0) is 11.9. The van der Waals surface area contributed by atoms with Crippen LogP contribution in [-0.2, 0) is 0 Å². The third-order valence-electron chi connectivity index (χ3n) is 3.48. The molecule has 1 heterocycles. The molecule has 0 bridgehead atoms. The molecule has 15 heavy (non-hydrogen) atoms. The smallest absolute Gasteiger partial charge is 0.0575 e. The monoisotopic (exact) mass is 213 g/mol. The van der Waals surface area contributed by atoms with Crippen LogP contribution in [0.3, 0.4) is 0 Å². The zero-order valence-electron chi connectivity index (χ0n) is 11.2. The van der Waals surface area contributed by atoms with Gasteiger partial charge in [0.25, 0.3) is 0 Å². The van der Waals surface area contributed by atoms with Crippen molar-refractivity contribution < 1.29 is 5.11 Å². The molecular weight excluding hydrogens is 186 g/mol. The first-order valence-corrected chi connectivity index (χ1v) is 6.11. The molecule has 0 unspecified atom stereocenters. The Labute approximate surface area is 94.7 Å². The van der Waals surface area contributed by atoms with Crippen LogP contribution in [0.1, 0.15) is 54.4 Å². The minimum atomic E-state index is -0.140. The largest absolute Gasteiger partial charge is 0.393 e. The predicted molar refractivity (Wildman–Crippen MR) is 64.9 cm³/mol. The van der Waals surface area contributed by atoms with Crippen molar-refractivity contribution in [2.24, 2.45) is 5.92 Å². The van der Waals surface area contributed by atoms with Gasteiger partial charge >= 0.3 is 0 Å². The molecular formula is C13H27NO. The summed E-state index contributed by atoms with van der Waals surface area (Å²) < 4.78 is 0. The van der Waals surface area contributed by atoms with E-state index in [4.69, 9.17) is 0 Å². The summed E-state index contributed by atoms with van der Waals surface area (Å²) in [6, 6.07) is 0. The standard InChI is InChI=1S/C13H27NO/c1-10(2)9-14-12(3,4)7-11(15)8-13(14,5)6/h10-11,15H,7-9H2,1-6H3. The van der Waals surface area contributed by atoms with Gasteiger partial charge in [-0.05, 0) is 46.5 Å². The number of aliphatic hydroxyl groups is 1. The van der Waals surface area contributed by atoms with Gasteiger partial charge in [0, 0.05) is 17.6 Å². The normalized spacial score (nSPS) is 27.2. The van der Waals surface area contributed by atoms with Gasteiger partial charge in [-0.25, -0.2) is 0 Å². The highest BCUT2D eigenvalue weighted by atomic mass is 16.3. The third kappa shape index (κ3) is 2.94. The molecule has 1 N–H and O–H groups in total. The number of piperidine rings is 1. The average Bonchev–Trinajstić information content (AvgIpc) is 1.94. The molecule has 2 heteroatoms. The van der Waals surface area contributed by atoms with Crippen molar-refractivity contribution in [3.05, 3.63) is 0 Å². The van der Waals surface area contributed by atoms with Crippen LogP contribution in [-0.4, -0.2) is 33.7 Å². The maximum absolute atomic E-state index is 9.91. The molecule has 0 aromatic heterocycles. The highest BCUT2D eigenvalue weighted by molar-refractivity contribution is 5.00. The van der Waals surface area contributed by atoms with Crippen molar-refractivity contribution in [1.29, 1.82) is 0 Å². The first-order chi connectivity index (χ1) is 6.65. The molecule has 1 aliphatic heterocycles. The Balaban J connectivity index is 2.87. The van der Waals surface area contributed by atoms with Crippen LogP contribution in [0.2, 0.25) is 0 Å². The van der Waals surface area contributed by atoms with Crippen molar-refractivity contribution >= 4 is 0 Å². The summed E-state index contributed by atoms with van der Waals surface area (Å²) in [5.41, 5.74) is 0.233. The fourth-order valence-electron chi connectivity index (χ4n) is 3.12. The maximum Gasteiger partial charge on any atom is 0.0575 e. The van der Waals surface area contributed by atoms with Crippen LogP contribution < -0.4 is 0 Å². The third-order valence-corrected chi connectivity index (χ3v) is 3.48. The molecule has 0 aromatic carbocycles. The topological polar surface area (TPSA) is 23.5 Å². The van der Waals surface area contributed by atoms with Gasteiger partial charge in [0.15, 0.2) is 0 Å². The fraction of sp³-hybridized carbons (Fsp3) is 1.00. The van der Waals surface area contributed by atoms with Gasteiger partial charge in [-0.1, -0.05) is 13.8 Å². The van der Waals surface area contributed by atoms with Crippen LogP contribution >= 0.6 is 0 Å². The van der Waals surface area contributed by atoms with E-state index in [9.17, 15) is 5.11 Å². The lowest BCUT2D eigenvalue weighted by atomic mass is 9.77. The Kier molecular flexibility index (Phi) is 3.52. The summed E-state index contributed by atoms with van der Waals surface area (Å²) in [6.45, 7) is 14.6. The zero-order valence-corrected chi connectivity index (χ0v) is 11.2. The minimum absolute atomic E-state index is 0.117. The minimum Gasteiger partial charge on any atom is -0.393 e. The van der Waals surface area contributed by atoms with Gasteiger partial charge in [0.1, 0.15) is 0 Å². The van der Waals surface area contributed by atoms with E-state index in [-0.39, 0.29) is 17.2 Å². The van der Waals surface area contributed by atoms with Crippen molar-refractivity contribution in [2.75, 3.05) is 6.54 Å². The van der Waals surface area contributed by atoms with E-state index in [2.05, 4.69) is 46.4 Å². The van der Waals surface area contributed by atoms with Crippen LogP contribution in [0.4, 0.5) is 0 Å². The SMILES string of the molecule is CC(C)CN1C(C)(C)CC(O)CC1(C)C. The summed E-state index contributed by atoms with van der Waals surface area (Å²) >= 11 is 0. The van der Waals surface area contributed by atoms with E-state index in [1.165, 1.54) is 0 Å². The highest BCUT2D eigenvalue weighted by Gasteiger charge is 2.44. The summed E-state index contributed by atoms with van der Waals surface area (Å²) in [6.07, 6.45) is 1.64. The molecule has 2 nitrogen and oxygen atoms in total. The fourth-order valence-corrected chi connectivity index (χ4v) is 3.12. The Morgan fingerprint density at radius 1 is 1.13 bits per heavy atom. The van der Waals surface area contributed by atoms with Crippen LogP contribution in [0.25, 0.3) is 0 Å². The molecule has 90 valence electrons. The molecule has 0 atom stereocenters. The van der Waals surface area contributed by atoms with Gasteiger partial charge in [-0.3, -0.25) is 4.90 Å². The number of hydrogen-bond acceptors (Lipinski definition) is 2. The maximum atomic E-state index is 9.91. The average molecular weight is 213 g/mol. The Morgan fingerprint density at radius 3 is 1.87 bits per heavy atom. The van der Waals surface area contributed by atoms with Gasteiger partial charge in [-0.2, -0.15) is 0 Å². The second kappa shape index (κ2) is 4.06. The number of rotatable bonds is 2. The van der Waals surface area contributed by atoms with Crippen molar-refractivity contribution in [1.82, 2.24) is 4.90 Å². The van der Waals surface area contributed by atoms with Gasteiger partial charge in [-0.15, -0.1) is 0 Å². The van der Waals surface area contributed by atoms with Gasteiger partial charge in [0.05, 0.1) is 6.10 Å². The van der Waals surface area contributed by atoms with E-state index in [0.29, 0.717) is 5.92 Å². The summed E-state index contributed by atoms with van der Waals surface area (Å²) in [7, 11) is 0. The number of hydrogen-bond donors (Lipinski definition) is 1. The Bertz CT molecular complexity index is 203. The highest BCUT2D eigenvalue weighted by Crippen LogP contribution is 2.38. The van der Waals surface area contributed by atoms with Crippen molar-refractivity contribution in [2.45, 2.75) is 71.6 Å². The van der Waals surface area contributed by atoms with E-state index < -0.39 is 0 Å². The Morgan fingerprint density at radius 2 is 1.53 bits per heavy atom. The summed E-state index contributed by atoms with van der Waals surface area (Å²) in [5.74, 6) is 0.679. The van der Waals surface area contributed by atoms with Crippen molar-refractivity contribution in [3.63, 3.8) is 0 Å². The lowest BCUT2D eigenvalue weighted by Gasteiger charge is -2.55. The number of aliphatic hydroxyl groups excluding tert-OH is 1. The number of likely N-dealkylation sites (tertiary alicyclic amines) is 1. The quantitative estimate of drug-likeness (QED) is 0.762. The van der Waals surface area contributed by atoms with Crippen LogP contribution in [0.5, 0.6) is 0 Å². The lowest BCUT2D eigenvalue weighted by Crippen LogP contribution is -2.62. The molecule has 0 saturated carbocycles. The van der Waals surface area contributed by atoms with Crippen molar-refractivity contribution in [3.8, 4) is 0 Å². The van der Waals surface area contributed by atoms with E-state index >= 15 is 0 Å². The van der Waals surface area contributed by atoms with Gasteiger partial charge in [0.2, 0.25) is 0 Å². The number of nitrogens with zero attached hydrogens (tertiary/aromatic N) is 1. The Hall–Kier alpha value is -0.0800. The van der Waals surface area contributed by atoms with Crippen LogP contribution in [0, 0.1) is 5.92 Å². The van der Waals surface area contributed by atoms with E-state index in [1.54, 1.807) is 0 Å². The van der Waals surface area contributed by atoms with E-state index in [0.717, 1.165) is 19.4 Å². The molecule has 0 radical (unpaired) electrons. The first-order valence-electron chi connectivity index (χ1n) is 6.11. The summed E-state index contributed by atoms with van der Waals surface area (Å²) in [4.78, 5) is 2.57. The first kappa shape index (κ1) is 13.0. The lowest BCUT2D eigenvalue weighted by molar-refractivity contribution is -0.0856. The molecule has 1 rings (SSSR count). The summed E-state index contributed by atoms with van der Waals surface area (Å²) in [5, 5.41) is 9.91. The second-order valence-corrected chi connectivity index (χ2v) is 6.69. The van der Waals surface area contributed by atoms with Crippen LogP contribution in [0.15, 0.2) is 0 Å². The van der Waals surface area contributed by atoms with Gasteiger partial charge < -0.3 is 5.11 Å². The molecule has 0 amide bonds. The van der Waals surface area contributed by atoms with E-state index in [1.807, 2.05) is 0 Å². The molecule has 0 aromatic rings. The predicted octanol–water partition coefficient (Wildman–Crippen LogP) is 2.66. The molecule has 0 aliphatic carbocycles. The molecule has 1 saturated heterocycles.